The summed E-state index contributed by atoms with van der Waals surface area (Å²) in [5.41, 5.74) is -1.21. The fourth-order valence-corrected chi connectivity index (χ4v) is 2.15. The molecule has 0 radical (unpaired) electrons. The highest BCUT2D eigenvalue weighted by molar-refractivity contribution is 7.88. The molecule has 1 aromatic rings. The lowest BCUT2D eigenvalue weighted by atomic mass is 10.4. The molecule has 0 aliphatic heterocycles. The van der Waals surface area contributed by atoms with E-state index in [0.29, 0.717) is 0 Å². The molecule has 1 rings (SSSR count). The number of H-pyrrole nitrogens is 1. The summed E-state index contributed by atoms with van der Waals surface area (Å²) in [6, 6.07) is 1.18. The Labute approximate surface area is 151 Å². The summed E-state index contributed by atoms with van der Waals surface area (Å²) >= 11 is 0. The number of methoxy groups -OCH3 is 1. The van der Waals surface area contributed by atoms with Gasteiger partial charge >= 0.3 is 5.69 Å². The molecule has 2 N–H and O–H groups in total. The van der Waals surface area contributed by atoms with Gasteiger partial charge in [-0.2, -0.15) is 0 Å². The van der Waals surface area contributed by atoms with Crippen LogP contribution in [0.3, 0.4) is 0 Å². The van der Waals surface area contributed by atoms with Crippen LogP contribution in [0.2, 0.25) is 0 Å². The zero-order chi connectivity index (χ0) is 19.7. The summed E-state index contributed by atoms with van der Waals surface area (Å²) in [6.45, 7) is 3.57. The largest absolute Gasteiger partial charge is 0.380 e. The minimum absolute atomic E-state index is 0.00361. The Hall–Kier alpha value is -1.57. The second-order valence-corrected chi connectivity index (χ2v) is 7.45. The summed E-state index contributed by atoms with van der Waals surface area (Å²) in [6.07, 6.45) is 0.528. The van der Waals surface area contributed by atoms with Crippen molar-refractivity contribution in [1.82, 2.24) is 14.4 Å². The lowest BCUT2D eigenvalue weighted by Crippen LogP contribution is -2.39. The molecule has 1 heterocycles. The molecule has 26 heavy (non-hydrogen) atoms. The van der Waals surface area contributed by atoms with E-state index < -0.39 is 33.6 Å². The van der Waals surface area contributed by atoms with E-state index in [-0.39, 0.29) is 25.9 Å². The highest BCUT2D eigenvalue weighted by Gasteiger charge is 2.21. The van der Waals surface area contributed by atoms with Gasteiger partial charge in [0.05, 0.1) is 32.2 Å². The molecule has 1 aromatic heterocycles. The van der Waals surface area contributed by atoms with E-state index in [1.807, 2.05) is 18.7 Å². The van der Waals surface area contributed by atoms with Crippen LogP contribution in [-0.2, 0) is 29.1 Å². The maximum Gasteiger partial charge on any atom is 0.330 e. The molecule has 0 aliphatic carbocycles. The number of hydrogen-bond acceptors (Lipinski definition) is 8. The first-order chi connectivity index (χ1) is 12.1. The fourth-order valence-electron chi connectivity index (χ4n) is 1.86. The van der Waals surface area contributed by atoms with Crippen molar-refractivity contribution in [2.75, 3.05) is 33.2 Å². The molecule has 11 nitrogen and oxygen atoms in total. The first kappa shape index (κ1) is 22.5. The molecule has 0 aromatic carbocycles. The number of nitrogens with zero attached hydrogens (tertiary/aromatic N) is 1. The number of ether oxygens (including phenoxy) is 3. The number of aromatic nitrogens is 2. The average Bonchev–Trinajstić information content (AvgIpc) is 2.50. The van der Waals surface area contributed by atoms with Gasteiger partial charge in [0.15, 0.2) is 6.23 Å². The van der Waals surface area contributed by atoms with Crippen molar-refractivity contribution in [3.8, 4) is 0 Å². The molecule has 12 heteroatoms. The smallest absolute Gasteiger partial charge is 0.330 e. The molecule has 2 atom stereocenters. The molecule has 0 saturated heterocycles. The van der Waals surface area contributed by atoms with Gasteiger partial charge in [-0.15, -0.1) is 0 Å². The number of rotatable bonds is 12. The molecular formula is C14H25N3O8S. The minimum Gasteiger partial charge on any atom is -0.380 e. The van der Waals surface area contributed by atoms with Crippen molar-refractivity contribution in [3.63, 3.8) is 0 Å². The Morgan fingerprint density at radius 1 is 1.23 bits per heavy atom. The van der Waals surface area contributed by atoms with Gasteiger partial charge in [0, 0.05) is 19.4 Å². The van der Waals surface area contributed by atoms with Crippen LogP contribution < -0.4 is 16.1 Å². The van der Waals surface area contributed by atoms with Crippen molar-refractivity contribution in [1.29, 1.82) is 0 Å². The van der Waals surface area contributed by atoms with E-state index >= 15 is 0 Å². The maximum atomic E-state index is 12.0. The van der Waals surface area contributed by atoms with Gasteiger partial charge in [-0.25, -0.2) is 13.2 Å². The minimum atomic E-state index is -3.54. The molecule has 0 spiro atoms. The molecule has 0 unspecified atom stereocenters. The van der Waals surface area contributed by atoms with Gasteiger partial charge in [0.25, 0.3) is 5.56 Å². The second-order valence-electron chi connectivity index (χ2n) is 5.73. The standard InChI is InChI=1S/C14H25N3O8S/c1-10(2)23-7-11(8-24-16-26(4,20)21)25-13(9-22-3)17-6-5-12(18)15-14(17)19/h5-6,10-11,13,16H,7-9H2,1-4H3,(H,15,18,19)/t11-,13+/m0/s1. The lowest BCUT2D eigenvalue weighted by molar-refractivity contribution is -0.144. The normalized spacial score (nSPS) is 14.5. The zero-order valence-electron chi connectivity index (χ0n) is 15.1. The molecular weight excluding hydrogens is 370 g/mol. The van der Waals surface area contributed by atoms with Crippen molar-refractivity contribution in [2.24, 2.45) is 0 Å². The van der Waals surface area contributed by atoms with E-state index in [2.05, 4.69) is 4.98 Å². The van der Waals surface area contributed by atoms with E-state index in [4.69, 9.17) is 19.0 Å². The molecule has 0 fully saturated rings. The molecule has 150 valence electrons. The van der Waals surface area contributed by atoms with Gasteiger partial charge in [0.1, 0.15) is 6.10 Å². The second kappa shape index (κ2) is 10.5. The third kappa shape index (κ3) is 8.69. The van der Waals surface area contributed by atoms with E-state index in [0.717, 1.165) is 10.8 Å². The van der Waals surface area contributed by atoms with Crippen molar-refractivity contribution in [3.05, 3.63) is 33.1 Å². The van der Waals surface area contributed by atoms with Crippen LogP contribution in [0, 0.1) is 0 Å². The van der Waals surface area contributed by atoms with Crippen LogP contribution in [-0.4, -0.2) is 63.4 Å². The molecule has 0 aliphatic rings. The van der Waals surface area contributed by atoms with Gasteiger partial charge in [-0.1, -0.05) is 4.89 Å². The fraction of sp³-hybridized carbons (Fsp3) is 0.714. The topological polar surface area (TPSA) is 138 Å². The highest BCUT2D eigenvalue weighted by atomic mass is 32.2. The average molecular weight is 395 g/mol. The third-order valence-electron chi connectivity index (χ3n) is 2.92. The summed E-state index contributed by atoms with van der Waals surface area (Å²) in [7, 11) is -2.12. The van der Waals surface area contributed by atoms with Crippen LogP contribution in [0.5, 0.6) is 0 Å². The number of sulfonamides is 1. The Balaban J connectivity index is 2.90. The van der Waals surface area contributed by atoms with Crippen LogP contribution in [0.1, 0.15) is 20.1 Å². The van der Waals surface area contributed by atoms with Gasteiger partial charge in [-0.3, -0.25) is 19.2 Å². The summed E-state index contributed by atoms with van der Waals surface area (Å²) in [5.74, 6) is 0. The monoisotopic (exact) mass is 395 g/mol. The van der Waals surface area contributed by atoms with E-state index in [9.17, 15) is 18.0 Å². The SMILES string of the molecule is COC[C@@H](O[C@H](CONS(C)(=O)=O)COC(C)C)n1ccc(=O)[nH]c1=O. The molecule has 0 amide bonds. The van der Waals surface area contributed by atoms with Crippen LogP contribution in [0.25, 0.3) is 0 Å². The van der Waals surface area contributed by atoms with Crippen LogP contribution in [0.4, 0.5) is 0 Å². The van der Waals surface area contributed by atoms with E-state index in [1.54, 1.807) is 0 Å². The molecule has 0 bridgehead atoms. The first-order valence-electron chi connectivity index (χ1n) is 7.78. The lowest BCUT2D eigenvalue weighted by Gasteiger charge is -2.26. The Morgan fingerprint density at radius 2 is 1.92 bits per heavy atom. The first-order valence-corrected chi connectivity index (χ1v) is 9.67. The summed E-state index contributed by atoms with van der Waals surface area (Å²) < 4.78 is 39.7. The Morgan fingerprint density at radius 3 is 2.46 bits per heavy atom. The predicted octanol–water partition coefficient (Wildman–Crippen LogP) is -1.03. The number of nitrogens with one attached hydrogen (secondary N) is 2. The van der Waals surface area contributed by atoms with Gasteiger partial charge in [-0.05, 0) is 13.8 Å². The maximum absolute atomic E-state index is 12.0. The number of hydrogen-bond donors (Lipinski definition) is 2. The molecule has 0 saturated carbocycles. The number of aromatic amines is 1. The van der Waals surface area contributed by atoms with Gasteiger partial charge < -0.3 is 14.2 Å². The van der Waals surface area contributed by atoms with Crippen LogP contribution in [0.15, 0.2) is 21.9 Å². The van der Waals surface area contributed by atoms with Crippen molar-refractivity contribution < 1.29 is 27.5 Å². The third-order valence-corrected chi connectivity index (χ3v) is 3.34. The summed E-state index contributed by atoms with van der Waals surface area (Å²) in [4.78, 5) is 32.1. The summed E-state index contributed by atoms with van der Waals surface area (Å²) in [5, 5.41) is 0. The van der Waals surface area contributed by atoms with Crippen molar-refractivity contribution in [2.45, 2.75) is 32.3 Å². The van der Waals surface area contributed by atoms with E-state index in [1.165, 1.54) is 19.4 Å². The Bertz CT molecular complexity index is 758. The van der Waals surface area contributed by atoms with Gasteiger partial charge in [0.2, 0.25) is 10.0 Å². The zero-order valence-corrected chi connectivity index (χ0v) is 15.9. The quantitative estimate of drug-likeness (QED) is 0.429. The van der Waals surface area contributed by atoms with Crippen molar-refractivity contribution >= 4 is 10.0 Å². The predicted molar refractivity (Wildman–Crippen MR) is 92.1 cm³/mol. The highest BCUT2D eigenvalue weighted by Crippen LogP contribution is 2.11. The van der Waals surface area contributed by atoms with Crippen LogP contribution >= 0.6 is 0 Å². The Kier molecular flexibility index (Phi) is 9.12.